The number of fused-ring (bicyclic) bond motifs is 1. The van der Waals surface area contributed by atoms with Gasteiger partial charge in [0.2, 0.25) is 6.08 Å². The molecule has 6 heteroatoms. The zero-order valence-electron chi connectivity index (χ0n) is 8.33. The lowest BCUT2D eigenvalue weighted by Gasteiger charge is -2.01. The van der Waals surface area contributed by atoms with Gasteiger partial charge in [-0.2, -0.15) is 4.99 Å². The van der Waals surface area contributed by atoms with Gasteiger partial charge in [0, 0.05) is 0 Å². The zero-order valence-corrected chi connectivity index (χ0v) is 8.33. The van der Waals surface area contributed by atoms with Gasteiger partial charge in [0.25, 0.3) is 0 Å². The first-order chi connectivity index (χ1) is 7.61. The Morgan fingerprint density at radius 1 is 1.12 bits per heavy atom. The van der Waals surface area contributed by atoms with E-state index in [0.29, 0.717) is 22.3 Å². The second kappa shape index (κ2) is 3.60. The number of aromatic nitrogens is 2. The molecule has 0 atom stereocenters. The molecule has 1 aromatic heterocycles. The first-order valence-corrected chi connectivity index (χ1v) is 4.46. The third kappa shape index (κ3) is 1.57. The van der Waals surface area contributed by atoms with E-state index >= 15 is 0 Å². The van der Waals surface area contributed by atoms with Crippen LogP contribution in [0.3, 0.4) is 0 Å². The second-order valence-corrected chi connectivity index (χ2v) is 3.30. The van der Waals surface area contributed by atoms with Crippen molar-refractivity contribution in [2.24, 2.45) is 4.99 Å². The fourth-order valence-electron chi connectivity index (χ4n) is 1.43. The first kappa shape index (κ1) is 10.1. The number of H-pyrrole nitrogens is 2. The van der Waals surface area contributed by atoms with E-state index in [-0.39, 0.29) is 0 Å². The number of rotatable bonds is 1. The minimum atomic E-state index is -0.739. The van der Waals surface area contributed by atoms with E-state index < -0.39 is 11.1 Å². The van der Waals surface area contributed by atoms with Crippen molar-refractivity contribution in [1.29, 1.82) is 0 Å². The smallest absolute Gasteiger partial charge is 0.314 e. The molecule has 1 aromatic carbocycles. The summed E-state index contributed by atoms with van der Waals surface area (Å²) in [6.07, 6.45) is 1.43. The topological polar surface area (TPSA) is 95.2 Å². The minimum absolute atomic E-state index is 0.408. The van der Waals surface area contributed by atoms with Crippen LogP contribution in [0, 0.1) is 6.92 Å². The van der Waals surface area contributed by atoms with Crippen LogP contribution in [-0.2, 0) is 4.79 Å². The molecule has 0 amide bonds. The quantitative estimate of drug-likeness (QED) is 0.413. The summed E-state index contributed by atoms with van der Waals surface area (Å²) in [6, 6.07) is 3.13. The number of hydrogen-bond acceptors (Lipinski definition) is 4. The van der Waals surface area contributed by atoms with Crippen LogP contribution >= 0.6 is 0 Å². The van der Waals surface area contributed by atoms with Crippen molar-refractivity contribution in [3.05, 3.63) is 38.4 Å². The number of benzene rings is 1. The number of carbonyl (C=O) groups excluding carboxylic acids is 1. The van der Waals surface area contributed by atoms with Crippen molar-refractivity contribution in [1.82, 2.24) is 9.97 Å². The summed E-state index contributed by atoms with van der Waals surface area (Å²) in [7, 11) is 0. The van der Waals surface area contributed by atoms with E-state index in [4.69, 9.17) is 0 Å². The Hall–Kier alpha value is -2.46. The van der Waals surface area contributed by atoms with E-state index in [1.807, 2.05) is 0 Å². The van der Waals surface area contributed by atoms with Gasteiger partial charge in [-0.15, -0.1) is 0 Å². The maximum atomic E-state index is 11.1. The van der Waals surface area contributed by atoms with Crippen molar-refractivity contribution in [2.45, 2.75) is 6.92 Å². The predicted octanol–water partition coefficient (Wildman–Crippen LogP) is 0.492. The average molecular weight is 217 g/mol. The lowest BCUT2D eigenvalue weighted by atomic mass is 10.2. The van der Waals surface area contributed by atoms with E-state index in [0.717, 1.165) is 0 Å². The summed E-state index contributed by atoms with van der Waals surface area (Å²) in [5, 5.41) is 0. The molecular weight excluding hydrogens is 210 g/mol. The highest BCUT2D eigenvalue weighted by molar-refractivity contribution is 5.79. The van der Waals surface area contributed by atoms with E-state index in [1.165, 1.54) is 12.1 Å². The highest BCUT2D eigenvalue weighted by atomic mass is 16.2. The molecular formula is C10H7N3O3. The number of aromatic amines is 2. The Morgan fingerprint density at radius 3 is 2.25 bits per heavy atom. The highest BCUT2D eigenvalue weighted by Gasteiger charge is 2.03. The van der Waals surface area contributed by atoms with Gasteiger partial charge in [-0.25, -0.2) is 4.79 Å². The Morgan fingerprint density at radius 2 is 1.69 bits per heavy atom. The molecule has 0 spiro atoms. The molecule has 80 valence electrons. The van der Waals surface area contributed by atoms with Crippen LogP contribution in [0.2, 0.25) is 0 Å². The standard InChI is InChI=1S/C10H7N3O3/c1-5-2-7-8(3-6(5)11-4-14)13-10(16)9(15)12-7/h2-3H,1H3,(H,12,15)(H,13,16). The monoisotopic (exact) mass is 217 g/mol. The number of hydrogen-bond donors (Lipinski definition) is 2. The molecule has 2 aromatic rings. The molecule has 0 radical (unpaired) electrons. The van der Waals surface area contributed by atoms with Gasteiger partial charge in [0.15, 0.2) is 0 Å². The summed E-state index contributed by atoms with van der Waals surface area (Å²) in [5.41, 5.74) is 0.579. The normalized spacial score (nSPS) is 10.1. The van der Waals surface area contributed by atoms with Gasteiger partial charge in [-0.3, -0.25) is 9.59 Å². The van der Waals surface area contributed by atoms with Crippen molar-refractivity contribution in [2.75, 3.05) is 0 Å². The van der Waals surface area contributed by atoms with Crippen molar-refractivity contribution in [3.8, 4) is 0 Å². The van der Waals surface area contributed by atoms with Crippen LogP contribution in [0.1, 0.15) is 5.56 Å². The number of aryl methyl sites for hydroxylation is 1. The maximum absolute atomic E-state index is 11.1. The Balaban J connectivity index is 2.90. The summed E-state index contributed by atoms with van der Waals surface area (Å²) in [4.78, 5) is 40.6. The van der Waals surface area contributed by atoms with Gasteiger partial charge in [0.1, 0.15) is 0 Å². The fourth-order valence-corrected chi connectivity index (χ4v) is 1.43. The molecule has 0 unspecified atom stereocenters. The SMILES string of the molecule is Cc1cc2[nH]c(=O)c(=O)[nH]c2cc1N=C=O. The summed E-state index contributed by atoms with van der Waals surface area (Å²) >= 11 is 0. The second-order valence-electron chi connectivity index (χ2n) is 3.30. The van der Waals surface area contributed by atoms with Crippen molar-refractivity contribution in [3.63, 3.8) is 0 Å². The molecule has 0 aliphatic carbocycles. The van der Waals surface area contributed by atoms with Crippen LogP contribution in [0.25, 0.3) is 11.0 Å². The van der Waals surface area contributed by atoms with Gasteiger partial charge in [0.05, 0.1) is 16.7 Å². The van der Waals surface area contributed by atoms with Gasteiger partial charge < -0.3 is 9.97 Å². The van der Waals surface area contributed by atoms with E-state index in [9.17, 15) is 14.4 Å². The van der Waals surface area contributed by atoms with Crippen LogP contribution in [0.4, 0.5) is 5.69 Å². The Bertz CT molecular complexity index is 720. The number of aliphatic imine (C=N–C) groups is 1. The van der Waals surface area contributed by atoms with Gasteiger partial charge in [-0.05, 0) is 24.6 Å². The number of nitrogens with one attached hydrogen (secondary N) is 2. The van der Waals surface area contributed by atoms with E-state index in [2.05, 4.69) is 15.0 Å². The minimum Gasteiger partial charge on any atom is -0.316 e. The zero-order chi connectivity index (χ0) is 11.7. The van der Waals surface area contributed by atoms with E-state index in [1.54, 1.807) is 13.0 Å². The molecule has 0 aliphatic heterocycles. The average Bonchev–Trinajstić information content (AvgIpc) is 2.23. The van der Waals surface area contributed by atoms with Gasteiger partial charge in [-0.1, -0.05) is 0 Å². The van der Waals surface area contributed by atoms with Crippen molar-refractivity contribution < 1.29 is 4.79 Å². The number of nitrogens with zero attached hydrogens (tertiary/aromatic N) is 1. The maximum Gasteiger partial charge on any atom is 0.314 e. The molecule has 16 heavy (non-hydrogen) atoms. The molecule has 0 bridgehead atoms. The van der Waals surface area contributed by atoms with Crippen LogP contribution in [0.5, 0.6) is 0 Å². The Kier molecular flexibility index (Phi) is 2.27. The molecule has 0 saturated heterocycles. The molecule has 0 saturated carbocycles. The summed E-state index contributed by atoms with van der Waals surface area (Å²) < 4.78 is 0. The lowest BCUT2D eigenvalue weighted by Crippen LogP contribution is -2.28. The summed E-state index contributed by atoms with van der Waals surface area (Å²) in [5.74, 6) is 0. The fraction of sp³-hybridized carbons (Fsp3) is 0.100. The molecule has 2 rings (SSSR count). The lowest BCUT2D eigenvalue weighted by molar-refractivity contribution is 0.565. The molecule has 6 nitrogen and oxygen atoms in total. The van der Waals surface area contributed by atoms with Gasteiger partial charge >= 0.3 is 11.1 Å². The third-order valence-corrected chi connectivity index (χ3v) is 2.20. The molecule has 1 heterocycles. The molecule has 2 N–H and O–H groups in total. The number of isocyanates is 1. The molecule has 0 fully saturated rings. The van der Waals surface area contributed by atoms with Crippen LogP contribution in [-0.4, -0.2) is 16.0 Å². The molecule has 0 aliphatic rings. The van der Waals surface area contributed by atoms with Crippen LogP contribution < -0.4 is 11.1 Å². The predicted molar refractivity (Wildman–Crippen MR) is 57.7 cm³/mol. The first-order valence-electron chi connectivity index (χ1n) is 4.46. The van der Waals surface area contributed by atoms with Crippen molar-refractivity contribution >= 4 is 22.8 Å². The summed E-state index contributed by atoms with van der Waals surface area (Å²) in [6.45, 7) is 1.74. The Labute approximate surface area is 88.7 Å². The largest absolute Gasteiger partial charge is 0.316 e. The third-order valence-electron chi connectivity index (χ3n) is 2.20. The highest BCUT2D eigenvalue weighted by Crippen LogP contribution is 2.21. The van der Waals surface area contributed by atoms with Crippen LogP contribution in [0.15, 0.2) is 26.7 Å².